The maximum atomic E-state index is 12.7. The number of carbonyl (C=O) groups excluding carboxylic acids is 3. The largest absolute Gasteiger partial charge is 0.373 e. The van der Waals surface area contributed by atoms with Crippen LogP contribution >= 0.6 is 11.6 Å². The van der Waals surface area contributed by atoms with Gasteiger partial charge in [0.05, 0.1) is 22.8 Å². The van der Waals surface area contributed by atoms with Crippen molar-refractivity contribution >= 4 is 40.7 Å². The van der Waals surface area contributed by atoms with Crippen LogP contribution in [0.3, 0.4) is 0 Å². The summed E-state index contributed by atoms with van der Waals surface area (Å²) in [5.74, 6) is -0.756. The highest BCUT2D eigenvalue weighted by Gasteiger charge is 2.35. The number of imide groups is 1. The fourth-order valence-electron chi connectivity index (χ4n) is 3.10. The third-order valence-corrected chi connectivity index (χ3v) is 4.93. The van der Waals surface area contributed by atoms with Crippen molar-refractivity contribution in [2.45, 2.75) is 33.2 Å². The number of rotatable bonds is 8. The van der Waals surface area contributed by atoms with Gasteiger partial charge in [0.25, 0.3) is 5.91 Å². The van der Waals surface area contributed by atoms with E-state index in [-0.39, 0.29) is 24.1 Å². The Balaban J connectivity index is 2.27. The third-order valence-electron chi connectivity index (χ3n) is 4.60. The smallest absolute Gasteiger partial charge is 0.261 e. The first-order chi connectivity index (χ1) is 13.7. The first-order valence-electron chi connectivity index (χ1n) is 9.31. The van der Waals surface area contributed by atoms with Crippen LogP contribution in [0.2, 0.25) is 5.02 Å². The molecular weight excluding hydrogens is 390 g/mol. The predicted octanol–water partition coefficient (Wildman–Crippen LogP) is 3.94. The molecule has 1 N–H and O–H groups in total. The van der Waals surface area contributed by atoms with Gasteiger partial charge in [0, 0.05) is 18.7 Å². The summed E-state index contributed by atoms with van der Waals surface area (Å²) < 4.78 is 0. The van der Waals surface area contributed by atoms with Gasteiger partial charge in [-0.2, -0.15) is 0 Å². The second-order valence-electron chi connectivity index (χ2n) is 7.04. The van der Waals surface area contributed by atoms with E-state index in [4.69, 9.17) is 11.6 Å². The average molecular weight is 416 g/mol. The van der Waals surface area contributed by atoms with Gasteiger partial charge in [-0.25, -0.2) is 4.90 Å². The van der Waals surface area contributed by atoms with E-state index in [1.54, 1.807) is 42.2 Å². The van der Waals surface area contributed by atoms with Gasteiger partial charge in [-0.15, -0.1) is 13.2 Å². The minimum Gasteiger partial charge on any atom is -0.373 e. The topological polar surface area (TPSA) is 69.7 Å². The number of hydrogen-bond acceptors (Lipinski definition) is 4. The number of halogens is 1. The van der Waals surface area contributed by atoms with Crippen molar-refractivity contribution in [3.63, 3.8) is 0 Å². The van der Waals surface area contributed by atoms with Gasteiger partial charge in [-0.1, -0.05) is 29.3 Å². The Morgan fingerprint density at radius 2 is 1.90 bits per heavy atom. The molecule has 1 aromatic carbocycles. The van der Waals surface area contributed by atoms with Gasteiger partial charge in [-0.3, -0.25) is 14.4 Å². The summed E-state index contributed by atoms with van der Waals surface area (Å²) in [6, 6.07) is 4.25. The molecule has 3 amide bonds. The lowest BCUT2D eigenvalue weighted by atomic mass is 10.1. The molecule has 1 saturated heterocycles. The van der Waals surface area contributed by atoms with Gasteiger partial charge >= 0.3 is 0 Å². The van der Waals surface area contributed by atoms with Crippen LogP contribution in [-0.2, 0) is 14.4 Å². The molecule has 1 fully saturated rings. The predicted molar refractivity (Wildman–Crippen MR) is 117 cm³/mol. The van der Waals surface area contributed by atoms with Gasteiger partial charge in [-0.05, 0) is 39.0 Å². The molecule has 1 aliphatic rings. The lowest BCUT2D eigenvalue weighted by Crippen LogP contribution is -2.41. The molecule has 29 heavy (non-hydrogen) atoms. The zero-order chi connectivity index (χ0) is 21.7. The second kappa shape index (κ2) is 9.56. The molecule has 0 aliphatic carbocycles. The van der Waals surface area contributed by atoms with E-state index < -0.39 is 6.04 Å². The zero-order valence-electron chi connectivity index (χ0n) is 17.0. The minimum absolute atomic E-state index is 0.0828. The molecule has 1 aromatic rings. The lowest BCUT2D eigenvalue weighted by Gasteiger charge is -2.25. The third kappa shape index (κ3) is 4.95. The van der Waals surface area contributed by atoms with Crippen LogP contribution in [-0.4, -0.2) is 41.8 Å². The molecule has 0 spiro atoms. The van der Waals surface area contributed by atoms with Crippen LogP contribution in [0.4, 0.5) is 11.4 Å². The van der Waals surface area contributed by atoms with Crippen molar-refractivity contribution < 1.29 is 14.4 Å². The van der Waals surface area contributed by atoms with Crippen LogP contribution in [0.5, 0.6) is 0 Å². The summed E-state index contributed by atoms with van der Waals surface area (Å²) in [6.07, 6.45) is 3.37. The van der Waals surface area contributed by atoms with Gasteiger partial charge in [0.2, 0.25) is 11.8 Å². The SMILES string of the molecule is C=CCN(CC=C)C(=O)C(C)Nc1cc(N2C(=O)CC(=C(C)C)C2=O)ccc1Cl. The summed E-state index contributed by atoms with van der Waals surface area (Å²) >= 11 is 6.29. The minimum atomic E-state index is -0.582. The van der Waals surface area contributed by atoms with E-state index >= 15 is 0 Å². The van der Waals surface area contributed by atoms with E-state index in [9.17, 15) is 14.4 Å². The number of benzene rings is 1. The van der Waals surface area contributed by atoms with Crippen LogP contribution in [0.25, 0.3) is 0 Å². The van der Waals surface area contributed by atoms with Crippen molar-refractivity contribution in [3.05, 3.63) is 59.7 Å². The highest BCUT2D eigenvalue weighted by Crippen LogP contribution is 2.33. The van der Waals surface area contributed by atoms with E-state index in [2.05, 4.69) is 18.5 Å². The second-order valence-corrected chi connectivity index (χ2v) is 7.45. The highest BCUT2D eigenvalue weighted by atomic mass is 35.5. The molecule has 7 heteroatoms. The van der Waals surface area contributed by atoms with E-state index in [0.29, 0.717) is 35.1 Å². The van der Waals surface area contributed by atoms with Gasteiger partial charge in [0.15, 0.2) is 0 Å². The van der Waals surface area contributed by atoms with Crippen LogP contribution in [0.1, 0.15) is 27.2 Å². The molecule has 0 aromatic heterocycles. The number of allylic oxidation sites excluding steroid dienone is 1. The van der Waals surface area contributed by atoms with Crippen molar-refractivity contribution in [1.29, 1.82) is 0 Å². The number of hydrogen-bond donors (Lipinski definition) is 1. The summed E-state index contributed by atoms with van der Waals surface area (Å²) in [5, 5.41) is 3.46. The van der Waals surface area contributed by atoms with E-state index in [0.717, 1.165) is 10.5 Å². The Bertz CT molecular complexity index is 877. The molecule has 6 nitrogen and oxygen atoms in total. The number of carbonyl (C=O) groups is 3. The molecule has 0 radical (unpaired) electrons. The molecule has 1 aliphatic heterocycles. The maximum Gasteiger partial charge on any atom is 0.261 e. The molecule has 2 rings (SSSR count). The van der Waals surface area contributed by atoms with Crippen molar-refractivity contribution in [2.24, 2.45) is 0 Å². The summed E-state index contributed by atoms with van der Waals surface area (Å²) in [5.41, 5.74) is 2.21. The highest BCUT2D eigenvalue weighted by molar-refractivity contribution is 6.34. The van der Waals surface area contributed by atoms with Gasteiger partial charge < -0.3 is 10.2 Å². The number of amides is 3. The fraction of sp³-hybridized carbons (Fsp3) is 0.318. The Hall–Kier alpha value is -2.86. The first-order valence-corrected chi connectivity index (χ1v) is 9.69. The van der Waals surface area contributed by atoms with Crippen molar-refractivity contribution in [1.82, 2.24) is 4.90 Å². The lowest BCUT2D eigenvalue weighted by molar-refractivity contribution is -0.130. The summed E-state index contributed by atoms with van der Waals surface area (Å²) in [4.78, 5) is 40.5. The quantitative estimate of drug-likeness (QED) is 0.396. The van der Waals surface area contributed by atoms with Crippen molar-refractivity contribution in [3.8, 4) is 0 Å². The fourth-order valence-corrected chi connectivity index (χ4v) is 3.28. The number of nitrogens with one attached hydrogen (secondary N) is 1. The molecule has 0 saturated carbocycles. The monoisotopic (exact) mass is 415 g/mol. The van der Waals surface area contributed by atoms with E-state index in [1.807, 2.05) is 13.8 Å². The van der Waals surface area contributed by atoms with Crippen LogP contribution in [0.15, 0.2) is 54.7 Å². The normalized spacial score (nSPS) is 14.6. The Morgan fingerprint density at radius 3 is 2.41 bits per heavy atom. The first kappa shape index (κ1) is 22.4. The van der Waals surface area contributed by atoms with E-state index in [1.165, 1.54) is 0 Å². The standard InChI is InChI=1S/C22H26ClN3O3/c1-6-10-25(11-7-2)21(28)15(5)24-19-12-16(8-9-18(19)23)26-20(27)13-17(14(3)4)22(26)29/h6-9,12,15,24H,1-2,10-11,13H2,3-5H3. The number of nitrogens with zero attached hydrogens (tertiary/aromatic N) is 2. The van der Waals surface area contributed by atoms with Crippen molar-refractivity contribution in [2.75, 3.05) is 23.3 Å². The Morgan fingerprint density at radius 1 is 1.28 bits per heavy atom. The molecule has 1 atom stereocenters. The number of anilines is 2. The maximum absolute atomic E-state index is 12.7. The average Bonchev–Trinajstić information content (AvgIpc) is 2.97. The van der Waals surface area contributed by atoms with Crippen LogP contribution in [0, 0.1) is 0 Å². The molecule has 154 valence electrons. The van der Waals surface area contributed by atoms with Crippen LogP contribution < -0.4 is 10.2 Å². The summed E-state index contributed by atoms with van der Waals surface area (Å²) in [7, 11) is 0. The molecule has 1 heterocycles. The molecular formula is C22H26ClN3O3. The molecule has 1 unspecified atom stereocenters. The summed E-state index contributed by atoms with van der Waals surface area (Å²) in [6.45, 7) is 13.5. The Labute approximate surface area is 176 Å². The Kier molecular flexibility index (Phi) is 7.40. The van der Waals surface area contributed by atoms with Gasteiger partial charge in [0.1, 0.15) is 6.04 Å². The molecule has 0 bridgehead atoms. The zero-order valence-corrected chi connectivity index (χ0v) is 17.8.